The molecule has 0 aliphatic rings. The van der Waals surface area contributed by atoms with E-state index in [1.54, 1.807) is 55.5 Å². The second-order valence-electron chi connectivity index (χ2n) is 8.27. The number of para-hydroxylation sites is 1. The second-order valence-corrected chi connectivity index (χ2v) is 8.70. The number of aryl methyl sites for hydroxylation is 1. The Morgan fingerprint density at radius 3 is 2.39 bits per heavy atom. The molecule has 11 heteroatoms. The Hall–Kier alpha value is -4.57. The Kier molecular flexibility index (Phi) is 6.41. The average molecular weight is 540 g/mol. The highest BCUT2D eigenvalue weighted by Crippen LogP contribution is 2.35. The van der Waals surface area contributed by atoms with Crippen molar-refractivity contribution < 1.29 is 31.7 Å². The smallest absolute Gasteiger partial charge is 0.416 e. The second kappa shape index (κ2) is 9.71. The molecule has 0 atom stereocenters. The minimum absolute atomic E-state index is 0.0396. The van der Waals surface area contributed by atoms with Gasteiger partial charge in [-0.1, -0.05) is 35.0 Å². The number of nitrogens with zero attached hydrogens (tertiary/aromatic N) is 1. The standard InChI is InChI=1S/C27H17ClF3N3O4/c1-14-21(23(38-34-14)15-9-11-17(28)12-10-15)25(35)33-22-19-7-2-3-8-20(19)37-24(22)26(36)32-18-6-4-5-16(13-18)27(29,30)31/h2-13H,1H3,(H,32,36)(H,33,35). The molecule has 0 aliphatic carbocycles. The predicted octanol–water partition coefficient (Wildman–Crippen LogP) is 7.57. The number of halogens is 4. The van der Waals surface area contributed by atoms with Crippen LogP contribution in [0.1, 0.15) is 32.2 Å². The van der Waals surface area contributed by atoms with E-state index < -0.39 is 23.6 Å². The fourth-order valence-electron chi connectivity index (χ4n) is 3.90. The number of carbonyl (C=O) groups is 2. The Balaban J connectivity index is 1.50. The molecule has 5 rings (SSSR count). The monoisotopic (exact) mass is 539 g/mol. The molecule has 2 aromatic heterocycles. The van der Waals surface area contributed by atoms with Gasteiger partial charge in [-0.25, -0.2) is 0 Å². The quantitative estimate of drug-likeness (QED) is 0.240. The number of furan rings is 1. The fraction of sp³-hybridized carbons (Fsp3) is 0.0741. The Morgan fingerprint density at radius 1 is 0.921 bits per heavy atom. The lowest BCUT2D eigenvalue weighted by Crippen LogP contribution is -2.18. The molecule has 0 bridgehead atoms. The molecule has 0 aliphatic heterocycles. The molecule has 0 unspecified atom stereocenters. The van der Waals surface area contributed by atoms with Gasteiger partial charge in [0.2, 0.25) is 5.76 Å². The maximum atomic E-state index is 13.5. The molecule has 192 valence electrons. The normalized spacial score (nSPS) is 11.5. The first-order chi connectivity index (χ1) is 18.1. The SMILES string of the molecule is Cc1noc(-c2ccc(Cl)cc2)c1C(=O)Nc1c(C(=O)Nc2cccc(C(F)(F)F)c2)oc2ccccc12. The van der Waals surface area contributed by atoms with Gasteiger partial charge in [-0.05, 0) is 61.5 Å². The third-order valence-electron chi connectivity index (χ3n) is 5.68. The first-order valence-electron chi connectivity index (χ1n) is 11.2. The molecule has 0 saturated heterocycles. The number of hydrogen-bond donors (Lipinski definition) is 2. The average Bonchev–Trinajstić information content (AvgIpc) is 3.45. The molecule has 3 aromatic carbocycles. The van der Waals surface area contributed by atoms with Gasteiger partial charge in [0.1, 0.15) is 16.8 Å². The maximum Gasteiger partial charge on any atom is 0.416 e. The summed E-state index contributed by atoms with van der Waals surface area (Å²) in [5.41, 5.74) is 0.292. The lowest BCUT2D eigenvalue weighted by molar-refractivity contribution is -0.137. The molecule has 5 aromatic rings. The van der Waals surface area contributed by atoms with Gasteiger partial charge in [0.05, 0.1) is 11.3 Å². The van der Waals surface area contributed by atoms with E-state index in [1.807, 2.05) is 0 Å². The van der Waals surface area contributed by atoms with Crippen LogP contribution in [0.4, 0.5) is 24.5 Å². The summed E-state index contributed by atoms with van der Waals surface area (Å²) in [6, 6.07) is 17.4. The van der Waals surface area contributed by atoms with Crippen molar-refractivity contribution in [3.05, 3.63) is 100 Å². The van der Waals surface area contributed by atoms with Crippen molar-refractivity contribution in [1.29, 1.82) is 0 Å². The summed E-state index contributed by atoms with van der Waals surface area (Å²) in [4.78, 5) is 26.6. The summed E-state index contributed by atoms with van der Waals surface area (Å²) >= 11 is 5.96. The summed E-state index contributed by atoms with van der Waals surface area (Å²) in [5, 5.41) is 9.93. The highest BCUT2D eigenvalue weighted by molar-refractivity contribution is 6.30. The van der Waals surface area contributed by atoms with Crippen molar-refractivity contribution in [2.24, 2.45) is 0 Å². The Labute approximate surface area is 218 Å². The largest absolute Gasteiger partial charge is 0.449 e. The van der Waals surface area contributed by atoms with E-state index in [-0.39, 0.29) is 34.0 Å². The first-order valence-corrected chi connectivity index (χ1v) is 11.5. The van der Waals surface area contributed by atoms with E-state index in [4.69, 9.17) is 20.5 Å². The molecule has 7 nitrogen and oxygen atoms in total. The Morgan fingerprint density at radius 2 is 1.66 bits per heavy atom. The lowest BCUT2D eigenvalue weighted by atomic mass is 10.1. The zero-order valence-electron chi connectivity index (χ0n) is 19.5. The lowest BCUT2D eigenvalue weighted by Gasteiger charge is -2.10. The number of alkyl halides is 3. The topological polar surface area (TPSA) is 97.4 Å². The molecular formula is C27H17ClF3N3O4. The van der Waals surface area contributed by atoms with Crippen LogP contribution in [-0.4, -0.2) is 17.0 Å². The third-order valence-corrected chi connectivity index (χ3v) is 5.94. The molecule has 38 heavy (non-hydrogen) atoms. The molecule has 0 saturated carbocycles. The summed E-state index contributed by atoms with van der Waals surface area (Å²) in [6.07, 6.45) is -4.59. The number of benzene rings is 3. The fourth-order valence-corrected chi connectivity index (χ4v) is 4.03. The highest BCUT2D eigenvalue weighted by atomic mass is 35.5. The number of aromatic nitrogens is 1. The van der Waals surface area contributed by atoms with Crippen LogP contribution in [0, 0.1) is 6.92 Å². The van der Waals surface area contributed by atoms with Crippen molar-refractivity contribution in [2.75, 3.05) is 10.6 Å². The van der Waals surface area contributed by atoms with Crippen LogP contribution in [0.2, 0.25) is 5.02 Å². The number of carbonyl (C=O) groups excluding carboxylic acids is 2. The van der Waals surface area contributed by atoms with Crippen molar-refractivity contribution >= 4 is 45.8 Å². The molecular weight excluding hydrogens is 523 g/mol. The predicted molar refractivity (Wildman–Crippen MR) is 135 cm³/mol. The summed E-state index contributed by atoms with van der Waals surface area (Å²) in [6.45, 7) is 1.59. The minimum Gasteiger partial charge on any atom is -0.449 e. The van der Waals surface area contributed by atoms with Gasteiger partial charge in [0.25, 0.3) is 11.8 Å². The van der Waals surface area contributed by atoms with Crippen LogP contribution in [0.15, 0.2) is 81.7 Å². The number of hydrogen-bond acceptors (Lipinski definition) is 5. The van der Waals surface area contributed by atoms with E-state index in [0.29, 0.717) is 21.7 Å². The van der Waals surface area contributed by atoms with Crippen LogP contribution in [0.5, 0.6) is 0 Å². The van der Waals surface area contributed by atoms with Gasteiger partial charge in [-0.15, -0.1) is 0 Å². The number of fused-ring (bicyclic) bond motifs is 1. The van der Waals surface area contributed by atoms with Crippen LogP contribution >= 0.6 is 11.6 Å². The van der Waals surface area contributed by atoms with Crippen LogP contribution in [0.3, 0.4) is 0 Å². The zero-order chi connectivity index (χ0) is 27.0. The van der Waals surface area contributed by atoms with E-state index >= 15 is 0 Å². The highest BCUT2D eigenvalue weighted by Gasteiger charge is 2.31. The van der Waals surface area contributed by atoms with Gasteiger partial charge >= 0.3 is 6.18 Å². The van der Waals surface area contributed by atoms with Crippen molar-refractivity contribution in [3.8, 4) is 11.3 Å². The Bertz CT molecular complexity index is 1670. The van der Waals surface area contributed by atoms with Gasteiger partial charge in [0.15, 0.2) is 5.76 Å². The molecule has 2 N–H and O–H groups in total. The van der Waals surface area contributed by atoms with Gasteiger partial charge in [-0.2, -0.15) is 13.2 Å². The van der Waals surface area contributed by atoms with Gasteiger partial charge in [-0.3, -0.25) is 9.59 Å². The molecule has 0 radical (unpaired) electrons. The van der Waals surface area contributed by atoms with E-state index in [1.165, 1.54) is 12.1 Å². The molecule has 0 spiro atoms. The molecule has 2 heterocycles. The van der Waals surface area contributed by atoms with Crippen molar-refractivity contribution in [2.45, 2.75) is 13.1 Å². The van der Waals surface area contributed by atoms with E-state index in [9.17, 15) is 22.8 Å². The van der Waals surface area contributed by atoms with E-state index in [2.05, 4.69) is 15.8 Å². The first kappa shape index (κ1) is 25.1. The van der Waals surface area contributed by atoms with Gasteiger partial charge in [0, 0.05) is 21.7 Å². The molecule has 0 fully saturated rings. The summed E-state index contributed by atoms with van der Waals surface area (Å²) < 4.78 is 50.5. The number of anilines is 2. The number of nitrogens with one attached hydrogen (secondary N) is 2. The summed E-state index contributed by atoms with van der Waals surface area (Å²) in [7, 11) is 0. The van der Waals surface area contributed by atoms with Crippen molar-refractivity contribution in [1.82, 2.24) is 5.16 Å². The summed E-state index contributed by atoms with van der Waals surface area (Å²) in [5.74, 6) is -1.58. The number of amides is 2. The van der Waals surface area contributed by atoms with Crippen LogP contribution in [-0.2, 0) is 6.18 Å². The van der Waals surface area contributed by atoms with Crippen LogP contribution < -0.4 is 10.6 Å². The zero-order valence-corrected chi connectivity index (χ0v) is 20.3. The van der Waals surface area contributed by atoms with E-state index in [0.717, 1.165) is 12.1 Å². The maximum absolute atomic E-state index is 13.5. The number of rotatable bonds is 5. The van der Waals surface area contributed by atoms with Gasteiger partial charge < -0.3 is 19.6 Å². The van der Waals surface area contributed by atoms with Crippen LogP contribution in [0.25, 0.3) is 22.3 Å². The minimum atomic E-state index is -4.59. The van der Waals surface area contributed by atoms with Crippen molar-refractivity contribution in [3.63, 3.8) is 0 Å². The molecule has 2 amide bonds. The third kappa shape index (κ3) is 4.85.